The van der Waals surface area contributed by atoms with Gasteiger partial charge in [-0.15, -0.1) is 0 Å². The number of benzene rings is 1. The van der Waals surface area contributed by atoms with Crippen LogP contribution < -0.4 is 0 Å². The summed E-state index contributed by atoms with van der Waals surface area (Å²) in [6.07, 6.45) is -0.524. The van der Waals surface area contributed by atoms with Gasteiger partial charge in [0.2, 0.25) is 0 Å². The van der Waals surface area contributed by atoms with E-state index in [2.05, 4.69) is 0 Å². The van der Waals surface area contributed by atoms with Gasteiger partial charge in [0.05, 0.1) is 12.2 Å². The van der Waals surface area contributed by atoms with Crippen LogP contribution in [0.3, 0.4) is 0 Å². The standard InChI is InChI=1S/C11H13FO2/c12-9-4-2-1-3-8(9)7-5-10(13)11(14)6-7/h1-4,7,10-11,13-14H,5-6H2. The minimum atomic E-state index is -0.709. The van der Waals surface area contributed by atoms with Gasteiger partial charge >= 0.3 is 0 Å². The van der Waals surface area contributed by atoms with Gasteiger partial charge in [-0.2, -0.15) is 0 Å². The Kier molecular flexibility index (Phi) is 2.52. The summed E-state index contributed by atoms with van der Waals surface area (Å²) in [5, 5.41) is 18.7. The van der Waals surface area contributed by atoms with Crippen molar-refractivity contribution >= 4 is 0 Å². The lowest BCUT2D eigenvalue weighted by atomic mass is 9.97. The van der Waals surface area contributed by atoms with Crippen molar-refractivity contribution in [2.24, 2.45) is 0 Å². The van der Waals surface area contributed by atoms with Crippen LogP contribution in [-0.2, 0) is 0 Å². The molecule has 0 aliphatic heterocycles. The van der Waals surface area contributed by atoms with Crippen LogP contribution >= 0.6 is 0 Å². The van der Waals surface area contributed by atoms with Crippen LogP contribution in [0, 0.1) is 5.82 Å². The summed E-state index contributed by atoms with van der Waals surface area (Å²) in [5.74, 6) is -0.306. The second kappa shape index (κ2) is 3.67. The monoisotopic (exact) mass is 196 g/mol. The van der Waals surface area contributed by atoms with Gasteiger partial charge in [0.15, 0.2) is 0 Å². The smallest absolute Gasteiger partial charge is 0.126 e. The first-order chi connectivity index (χ1) is 6.68. The Morgan fingerprint density at radius 3 is 2.21 bits per heavy atom. The van der Waals surface area contributed by atoms with Crippen molar-refractivity contribution < 1.29 is 14.6 Å². The van der Waals surface area contributed by atoms with E-state index >= 15 is 0 Å². The van der Waals surface area contributed by atoms with Crippen molar-refractivity contribution in [2.75, 3.05) is 0 Å². The predicted octanol–water partition coefficient (Wildman–Crippen LogP) is 1.42. The van der Waals surface area contributed by atoms with Gasteiger partial charge in [-0.3, -0.25) is 0 Å². The van der Waals surface area contributed by atoms with Crippen LogP contribution in [0.15, 0.2) is 24.3 Å². The van der Waals surface area contributed by atoms with Crippen molar-refractivity contribution in [1.29, 1.82) is 0 Å². The summed E-state index contributed by atoms with van der Waals surface area (Å²) in [6.45, 7) is 0. The van der Waals surface area contributed by atoms with E-state index in [4.69, 9.17) is 0 Å². The minimum Gasteiger partial charge on any atom is -0.390 e. The lowest BCUT2D eigenvalue weighted by molar-refractivity contribution is 0.0438. The maximum atomic E-state index is 13.3. The van der Waals surface area contributed by atoms with Crippen molar-refractivity contribution in [2.45, 2.75) is 31.0 Å². The molecule has 1 saturated carbocycles. The van der Waals surface area contributed by atoms with Gasteiger partial charge in [-0.25, -0.2) is 4.39 Å². The van der Waals surface area contributed by atoms with Gasteiger partial charge in [0.1, 0.15) is 5.82 Å². The quantitative estimate of drug-likeness (QED) is 0.713. The largest absolute Gasteiger partial charge is 0.390 e. The highest BCUT2D eigenvalue weighted by Gasteiger charge is 2.33. The Hall–Kier alpha value is -0.930. The summed E-state index contributed by atoms with van der Waals surface area (Å²) < 4.78 is 13.3. The number of aliphatic hydroxyl groups excluding tert-OH is 2. The Bertz CT molecular complexity index is 317. The number of rotatable bonds is 1. The molecule has 1 fully saturated rings. The molecule has 0 radical (unpaired) electrons. The zero-order chi connectivity index (χ0) is 10.1. The van der Waals surface area contributed by atoms with Crippen molar-refractivity contribution in [3.8, 4) is 0 Å². The first kappa shape index (κ1) is 9.62. The van der Waals surface area contributed by atoms with E-state index < -0.39 is 12.2 Å². The normalized spacial score (nSPS) is 32.1. The number of hydrogen-bond acceptors (Lipinski definition) is 2. The van der Waals surface area contributed by atoms with E-state index in [-0.39, 0.29) is 11.7 Å². The fraction of sp³-hybridized carbons (Fsp3) is 0.455. The molecule has 1 aromatic carbocycles. The zero-order valence-corrected chi connectivity index (χ0v) is 7.73. The molecule has 1 aliphatic carbocycles. The van der Waals surface area contributed by atoms with E-state index in [1.807, 2.05) is 0 Å². The van der Waals surface area contributed by atoms with E-state index in [0.717, 1.165) is 0 Å². The average molecular weight is 196 g/mol. The van der Waals surface area contributed by atoms with Gasteiger partial charge in [-0.05, 0) is 30.4 Å². The third-order valence-electron chi connectivity index (χ3n) is 2.84. The molecule has 0 heterocycles. The van der Waals surface area contributed by atoms with Crippen molar-refractivity contribution in [1.82, 2.24) is 0 Å². The Labute approximate surface area is 82.0 Å². The molecule has 1 aliphatic rings. The molecular weight excluding hydrogens is 183 g/mol. The molecule has 1 aromatic rings. The Balaban J connectivity index is 2.21. The molecule has 2 rings (SSSR count). The van der Waals surface area contributed by atoms with E-state index in [0.29, 0.717) is 18.4 Å². The van der Waals surface area contributed by atoms with E-state index in [1.54, 1.807) is 18.2 Å². The first-order valence-corrected chi connectivity index (χ1v) is 4.79. The third-order valence-corrected chi connectivity index (χ3v) is 2.84. The minimum absolute atomic E-state index is 0.0544. The Morgan fingerprint density at radius 1 is 1.07 bits per heavy atom. The van der Waals surface area contributed by atoms with E-state index in [9.17, 15) is 14.6 Å². The molecule has 0 spiro atoms. The van der Waals surface area contributed by atoms with Crippen LogP contribution in [0.2, 0.25) is 0 Å². The SMILES string of the molecule is OC1CC(c2ccccc2F)CC1O. The van der Waals surface area contributed by atoms with Crippen LogP contribution in [0.5, 0.6) is 0 Å². The molecule has 3 heteroatoms. The lowest BCUT2D eigenvalue weighted by Crippen LogP contribution is -2.17. The summed E-state index contributed by atoms with van der Waals surface area (Å²) in [6, 6.07) is 6.54. The Morgan fingerprint density at radius 2 is 1.64 bits per heavy atom. The van der Waals surface area contributed by atoms with Crippen molar-refractivity contribution in [3.05, 3.63) is 35.6 Å². The van der Waals surface area contributed by atoms with Gasteiger partial charge < -0.3 is 10.2 Å². The molecule has 2 unspecified atom stereocenters. The van der Waals surface area contributed by atoms with Gasteiger partial charge in [0, 0.05) is 0 Å². The van der Waals surface area contributed by atoms with Crippen LogP contribution in [0.25, 0.3) is 0 Å². The average Bonchev–Trinajstić information content (AvgIpc) is 2.48. The molecule has 76 valence electrons. The van der Waals surface area contributed by atoms with Crippen LogP contribution in [-0.4, -0.2) is 22.4 Å². The maximum absolute atomic E-state index is 13.3. The summed E-state index contributed by atoms with van der Waals surface area (Å²) >= 11 is 0. The summed E-state index contributed by atoms with van der Waals surface area (Å²) in [4.78, 5) is 0. The zero-order valence-electron chi connectivity index (χ0n) is 7.73. The van der Waals surface area contributed by atoms with Gasteiger partial charge in [-0.1, -0.05) is 18.2 Å². The van der Waals surface area contributed by atoms with Crippen molar-refractivity contribution in [3.63, 3.8) is 0 Å². The fourth-order valence-electron chi connectivity index (χ4n) is 2.05. The fourth-order valence-corrected chi connectivity index (χ4v) is 2.05. The number of halogens is 1. The molecule has 2 nitrogen and oxygen atoms in total. The predicted molar refractivity (Wildman–Crippen MR) is 50.4 cm³/mol. The molecule has 0 bridgehead atoms. The highest BCUT2D eigenvalue weighted by atomic mass is 19.1. The topological polar surface area (TPSA) is 40.5 Å². The molecular formula is C11H13FO2. The number of aliphatic hydroxyl groups is 2. The molecule has 14 heavy (non-hydrogen) atoms. The second-order valence-corrected chi connectivity index (χ2v) is 3.82. The molecule has 0 amide bonds. The highest BCUT2D eigenvalue weighted by Crippen LogP contribution is 2.35. The maximum Gasteiger partial charge on any atom is 0.126 e. The summed E-state index contributed by atoms with van der Waals surface area (Å²) in [7, 11) is 0. The second-order valence-electron chi connectivity index (χ2n) is 3.82. The highest BCUT2D eigenvalue weighted by molar-refractivity contribution is 5.23. The molecule has 2 N–H and O–H groups in total. The molecule has 0 aromatic heterocycles. The molecule has 2 atom stereocenters. The molecule has 0 saturated heterocycles. The lowest BCUT2D eigenvalue weighted by Gasteiger charge is -2.09. The first-order valence-electron chi connectivity index (χ1n) is 4.79. The summed E-state index contributed by atoms with van der Waals surface area (Å²) in [5.41, 5.74) is 0.600. The number of hydrogen-bond donors (Lipinski definition) is 2. The van der Waals surface area contributed by atoms with Gasteiger partial charge in [0.25, 0.3) is 0 Å². The van der Waals surface area contributed by atoms with Crippen LogP contribution in [0.1, 0.15) is 24.3 Å². The van der Waals surface area contributed by atoms with E-state index in [1.165, 1.54) is 6.07 Å². The third kappa shape index (κ3) is 1.65. The van der Waals surface area contributed by atoms with Crippen LogP contribution in [0.4, 0.5) is 4.39 Å².